The Morgan fingerprint density at radius 3 is 2.70 bits per heavy atom. The van der Waals surface area contributed by atoms with Crippen molar-refractivity contribution in [2.45, 2.75) is 58.3 Å². The van der Waals surface area contributed by atoms with Gasteiger partial charge in [-0.2, -0.15) is 0 Å². The van der Waals surface area contributed by atoms with Crippen LogP contribution in [0.15, 0.2) is 35.3 Å². The summed E-state index contributed by atoms with van der Waals surface area (Å²) in [7, 11) is 0. The van der Waals surface area contributed by atoms with E-state index in [2.05, 4.69) is 31.4 Å². The van der Waals surface area contributed by atoms with Crippen LogP contribution in [0.2, 0.25) is 0 Å². The molecule has 0 aromatic heterocycles. The lowest BCUT2D eigenvalue weighted by molar-refractivity contribution is -0.188. The molecule has 1 aromatic carbocycles. The quantitative estimate of drug-likeness (QED) is 0.339. The molecule has 1 aliphatic heterocycles. The molecule has 3 N–H and O–H groups in total. The number of halogens is 1. The van der Waals surface area contributed by atoms with E-state index in [0.717, 1.165) is 31.1 Å². The van der Waals surface area contributed by atoms with E-state index in [1.54, 1.807) is 0 Å². The van der Waals surface area contributed by atoms with Gasteiger partial charge in [0.2, 0.25) is 0 Å². The largest absolute Gasteiger partial charge is 0.384 e. The van der Waals surface area contributed by atoms with Crippen molar-refractivity contribution in [3.05, 3.63) is 35.9 Å². The molecule has 1 aliphatic carbocycles. The van der Waals surface area contributed by atoms with Gasteiger partial charge in [0.15, 0.2) is 5.96 Å². The summed E-state index contributed by atoms with van der Waals surface area (Å²) in [5.41, 5.74) is -0.0253. The third-order valence-corrected chi connectivity index (χ3v) is 5.91. The molecule has 1 aromatic rings. The van der Waals surface area contributed by atoms with Crippen molar-refractivity contribution in [2.75, 3.05) is 19.7 Å². The monoisotopic (exact) mass is 487 g/mol. The third-order valence-electron chi connectivity index (χ3n) is 5.91. The maximum absolute atomic E-state index is 10.8. The first-order valence-electron chi connectivity index (χ1n) is 9.80. The normalized spacial score (nSPS) is 28.8. The number of nitrogens with zero attached hydrogens (tertiary/aromatic N) is 1. The lowest BCUT2D eigenvalue weighted by Crippen LogP contribution is -2.71. The van der Waals surface area contributed by atoms with Crippen molar-refractivity contribution in [2.24, 2.45) is 16.3 Å². The van der Waals surface area contributed by atoms with Crippen LogP contribution in [0.1, 0.15) is 46.1 Å². The standard InChI is InChI=1S/C21H33N3O2.HI/c1-5-22-19(23-14-21(4,25)15-10-7-6-8-11-15)24-17-16-12-9-13-26-18(16)20(17,2)3;/h6-8,10-11,16-18,25H,5,9,12-14H2,1-4H3,(H2,22,23,24);1H. The third kappa shape index (κ3) is 4.77. The summed E-state index contributed by atoms with van der Waals surface area (Å²) in [5.74, 6) is 1.31. The number of aliphatic imine (C=N–C) groups is 1. The minimum Gasteiger partial charge on any atom is -0.384 e. The minimum atomic E-state index is -0.991. The molecule has 152 valence electrons. The molecular weight excluding hydrogens is 453 g/mol. The lowest BCUT2D eigenvalue weighted by atomic mass is 9.55. The van der Waals surface area contributed by atoms with Crippen LogP contribution in [0.4, 0.5) is 0 Å². The Hall–Kier alpha value is -0.860. The summed E-state index contributed by atoms with van der Waals surface area (Å²) < 4.78 is 6.00. The first-order valence-corrected chi connectivity index (χ1v) is 9.80. The summed E-state index contributed by atoms with van der Waals surface area (Å²) in [5, 5.41) is 17.8. The van der Waals surface area contributed by atoms with Crippen LogP contribution in [-0.2, 0) is 10.3 Å². The highest BCUT2D eigenvalue weighted by Crippen LogP contribution is 2.51. The molecule has 6 heteroatoms. The van der Waals surface area contributed by atoms with Crippen LogP contribution in [0.5, 0.6) is 0 Å². The van der Waals surface area contributed by atoms with Crippen LogP contribution >= 0.6 is 24.0 Å². The number of fused-ring (bicyclic) bond motifs is 1. The fourth-order valence-corrected chi connectivity index (χ4v) is 4.40. The second kappa shape index (κ2) is 9.09. The van der Waals surface area contributed by atoms with Crippen molar-refractivity contribution in [1.29, 1.82) is 0 Å². The predicted molar refractivity (Wildman–Crippen MR) is 121 cm³/mol. The second-order valence-corrected chi connectivity index (χ2v) is 8.38. The molecule has 0 amide bonds. The lowest BCUT2D eigenvalue weighted by Gasteiger charge is -2.60. The van der Waals surface area contributed by atoms with E-state index in [1.807, 2.05) is 37.3 Å². The summed E-state index contributed by atoms with van der Waals surface area (Å²) in [6.45, 7) is 10.4. The zero-order valence-corrected chi connectivity index (χ0v) is 19.2. The maximum atomic E-state index is 10.8. The highest BCUT2D eigenvalue weighted by molar-refractivity contribution is 14.0. The van der Waals surface area contributed by atoms with E-state index in [-0.39, 0.29) is 29.4 Å². The molecule has 4 atom stereocenters. The minimum absolute atomic E-state index is 0. The molecule has 2 fully saturated rings. The second-order valence-electron chi connectivity index (χ2n) is 8.38. The molecule has 27 heavy (non-hydrogen) atoms. The van der Waals surface area contributed by atoms with E-state index in [9.17, 15) is 5.11 Å². The molecule has 5 nitrogen and oxygen atoms in total. The molecule has 2 aliphatic rings. The van der Waals surface area contributed by atoms with Crippen molar-refractivity contribution in [3.8, 4) is 0 Å². The van der Waals surface area contributed by atoms with Gasteiger partial charge in [-0.05, 0) is 32.3 Å². The Balaban J connectivity index is 0.00000261. The summed E-state index contributed by atoms with van der Waals surface area (Å²) in [4.78, 5) is 4.69. The molecule has 0 bridgehead atoms. The number of nitrogens with one attached hydrogen (secondary N) is 2. The Kier molecular flexibility index (Phi) is 7.55. The molecular formula is C21H34IN3O2. The van der Waals surface area contributed by atoms with E-state index >= 15 is 0 Å². The molecule has 1 heterocycles. The number of hydrogen-bond acceptors (Lipinski definition) is 3. The van der Waals surface area contributed by atoms with E-state index in [4.69, 9.17) is 9.73 Å². The van der Waals surface area contributed by atoms with Crippen molar-refractivity contribution < 1.29 is 9.84 Å². The molecule has 1 saturated carbocycles. The van der Waals surface area contributed by atoms with Crippen LogP contribution in [0.3, 0.4) is 0 Å². The molecule has 0 spiro atoms. The zero-order valence-electron chi connectivity index (χ0n) is 16.9. The number of aliphatic hydroxyl groups is 1. The van der Waals surface area contributed by atoms with Gasteiger partial charge in [0.05, 0.1) is 12.6 Å². The number of guanidine groups is 1. The highest BCUT2D eigenvalue weighted by Gasteiger charge is 2.58. The van der Waals surface area contributed by atoms with Gasteiger partial charge in [-0.25, -0.2) is 4.99 Å². The van der Waals surface area contributed by atoms with Gasteiger partial charge >= 0.3 is 0 Å². The van der Waals surface area contributed by atoms with Gasteiger partial charge in [0.25, 0.3) is 0 Å². The Morgan fingerprint density at radius 2 is 2.04 bits per heavy atom. The summed E-state index contributed by atoms with van der Waals surface area (Å²) in [6, 6.07) is 10.1. The summed E-state index contributed by atoms with van der Waals surface area (Å²) >= 11 is 0. The van der Waals surface area contributed by atoms with Crippen molar-refractivity contribution in [3.63, 3.8) is 0 Å². The van der Waals surface area contributed by atoms with E-state index < -0.39 is 5.60 Å². The Labute approximate surface area is 180 Å². The van der Waals surface area contributed by atoms with Crippen molar-refractivity contribution in [1.82, 2.24) is 10.6 Å². The SMILES string of the molecule is CCNC(=NCC(C)(O)c1ccccc1)NC1C2CCCOC2C1(C)C.I. The Bertz CT molecular complexity index is 634. The van der Waals surface area contributed by atoms with Gasteiger partial charge in [0, 0.05) is 30.5 Å². The summed E-state index contributed by atoms with van der Waals surface area (Å²) in [6.07, 6.45) is 2.67. The van der Waals surface area contributed by atoms with Crippen LogP contribution in [0.25, 0.3) is 0 Å². The van der Waals surface area contributed by atoms with Crippen molar-refractivity contribution >= 4 is 29.9 Å². The molecule has 1 saturated heterocycles. The first kappa shape index (κ1) is 22.4. The number of rotatable bonds is 5. The maximum Gasteiger partial charge on any atom is 0.191 e. The Morgan fingerprint density at radius 1 is 1.33 bits per heavy atom. The zero-order chi connectivity index (χ0) is 18.8. The van der Waals surface area contributed by atoms with Crippen LogP contribution < -0.4 is 10.6 Å². The fraction of sp³-hybridized carbons (Fsp3) is 0.667. The average Bonchev–Trinajstić information content (AvgIpc) is 2.64. The highest BCUT2D eigenvalue weighted by atomic mass is 127. The number of benzene rings is 1. The van der Waals surface area contributed by atoms with Crippen LogP contribution in [0, 0.1) is 11.3 Å². The van der Waals surface area contributed by atoms with Crippen LogP contribution in [-0.4, -0.2) is 42.9 Å². The smallest absolute Gasteiger partial charge is 0.191 e. The first-order chi connectivity index (χ1) is 12.4. The number of hydrogen-bond donors (Lipinski definition) is 3. The van der Waals surface area contributed by atoms with Gasteiger partial charge < -0.3 is 20.5 Å². The van der Waals surface area contributed by atoms with Gasteiger partial charge in [-0.15, -0.1) is 24.0 Å². The number of ether oxygens (including phenoxy) is 1. The topological polar surface area (TPSA) is 65.9 Å². The molecule has 0 radical (unpaired) electrons. The van der Waals surface area contributed by atoms with Gasteiger partial charge in [-0.1, -0.05) is 44.2 Å². The predicted octanol–water partition coefficient (Wildman–Crippen LogP) is 3.27. The fourth-order valence-electron chi connectivity index (χ4n) is 4.40. The average molecular weight is 487 g/mol. The molecule has 3 rings (SSSR count). The van der Waals surface area contributed by atoms with Gasteiger partial charge in [0.1, 0.15) is 5.60 Å². The van der Waals surface area contributed by atoms with E-state index in [1.165, 1.54) is 6.42 Å². The van der Waals surface area contributed by atoms with E-state index in [0.29, 0.717) is 24.6 Å². The molecule has 4 unspecified atom stereocenters. The van der Waals surface area contributed by atoms with Gasteiger partial charge in [-0.3, -0.25) is 0 Å².